The molecule has 0 aliphatic carbocycles. The monoisotopic (exact) mass is 497 g/mol. The predicted octanol–water partition coefficient (Wildman–Crippen LogP) is 5.32. The Bertz CT molecular complexity index is 583. The van der Waals surface area contributed by atoms with Crippen LogP contribution in [-0.4, -0.2) is 57.3 Å². The molecule has 0 spiro atoms. The summed E-state index contributed by atoms with van der Waals surface area (Å²) in [6.07, 6.45) is 21.9. The number of allylic oxidation sites excluding steroid dienone is 2. The number of carbonyl (C=O) groups excluding carboxylic acids is 1. The highest BCUT2D eigenvalue weighted by molar-refractivity contribution is 5.76. The van der Waals surface area contributed by atoms with Crippen molar-refractivity contribution in [1.82, 2.24) is 0 Å². The molecule has 7 nitrogen and oxygen atoms in total. The van der Waals surface area contributed by atoms with Gasteiger partial charge in [0.15, 0.2) is 12.1 Å². The molecule has 0 radical (unpaired) electrons. The van der Waals surface area contributed by atoms with E-state index in [0.717, 1.165) is 32.1 Å². The highest BCUT2D eigenvalue weighted by Crippen LogP contribution is 2.27. The van der Waals surface area contributed by atoms with Gasteiger partial charge in [0, 0.05) is 0 Å². The first kappa shape index (κ1) is 33.1. The van der Waals surface area contributed by atoms with E-state index in [-0.39, 0.29) is 6.54 Å². The summed E-state index contributed by atoms with van der Waals surface area (Å²) in [6.45, 7) is 6.55. The molecule has 0 aromatic rings. The molecule has 0 aromatic carbocycles. The van der Waals surface area contributed by atoms with Gasteiger partial charge < -0.3 is 20.1 Å². The van der Waals surface area contributed by atoms with Crippen molar-refractivity contribution in [3.05, 3.63) is 12.2 Å². The van der Waals surface area contributed by atoms with Gasteiger partial charge in [-0.3, -0.25) is 4.48 Å². The molecule has 0 saturated carbocycles. The number of rotatable bonds is 23. The van der Waals surface area contributed by atoms with E-state index in [1.54, 1.807) is 0 Å². The zero-order valence-corrected chi connectivity index (χ0v) is 22.7. The van der Waals surface area contributed by atoms with Crippen molar-refractivity contribution in [1.29, 1.82) is 0 Å². The molecule has 204 valence electrons. The van der Waals surface area contributed by atoms with Crippen molar-refractivity contribution in [2.75, 3.05) is 6.54 Å². The molecule has 0 aliphatic rings. The summed E-state index contributed by atoms with van der Waals surface area (Å²) >= 11 is 0. The fourth-order valence-electron chi connectivity index (χ4n) is 5.00. The van der Waals surface area contributed by atoms with Gasteiger partial charge >= 0.3 is 11.9 Å². The van der Waals surface area contributed by atoms with Crippen molar-refractivity contribution < 1.29 is 34.2 Å². The summed E-state index contributed by atoms with van der Waals surface area (Å²) in [4.78, 5) is 35.2. The van der Waals surface area contributed by atoms with Crippen molar-refractivity contribution in [3.63, 3.8) is 0 Å². The number of hydrogen-bond donors (Lipinski definition) is 2. The van der Waals surface area contributed by atoms with E-state index in [1.807, 2.05) is 0 Å². The highest BCUT2D eigenvalue weighted by Gasteiger charge is 2.50. The minimum atomic E-state index is -1.43. The maximum atomic E-state index is 11.8. The summed E-state index contributed by atoms with van der Waals surface area (Å²) in [6, 6.07) is -3.58. The first-order valence-electron chi connectivity index (χ1n) is 13.8. The number of nitrogens with zero attached hydrogens (tertiary/aromatic N) is 1. The van der Waals surface area contributed by atoms with E-state index >= 15 is 0 Å². The van der Waals surface area contributed by atoms with E-state index in [0.29, 0.717) is 6.42 Å². The van der Waals surface area contributed by atoms with Crippen LogP contribution in [0, 0.1) is 0 Å². The number of aliphatic carboxylic acids is 3. The maximum Gasteiger partial charge on any atom is 0.362 e. The maximum absolute atomic E-state index is 11.8. The summed E-state index contributed by atoms with van der Waals surface area (Å²) < 4.78 is -0.550. The molecule has 0 rings (SSSR count). The molecule has 0 aromatic heterocycles. The molecule has 0 amide bonds. The van der Waals surface area contributed by atoms with Crippen LogP contribution >= 0.6 is 0 Å². The number of carbonyl (C=O) groups is 3. The highest BCUT2D eigenvalue weighted by atomic mass is 16.4. The third kappa shape index (κ3) is 12.6. The second kappa shape index (κ2) is 19.3. The Balaban J connectivity index is 4.33. The first-order valence-corrected chi connectivity index (χ1v) is 13.8. The molecule has 35 heavy (non-hydrogen) atoms. The van der Waals surface area contributed by atoms with Crippen molar-refractivity contribution >= 4 is 17.9 Å². The Kier molecular flexibility index (Phi) is 18.3. The lowest BCUT2D eigenvalue weighted by atomic mass is 10.00. The number of quaternary nitrogens is 1. The van der Waals surface area contributed by atoms with Crippen molar-refractivity contribution in [2.45, 2.75) is 142 Å². The second-order valence-electron chi connectivity index (χ2n) is 10.0. The van der Waals surface area contributed by atoms with Gasteiger partial charge in [-0.15, -0.1) is 0 Å². The molecule has 0 bridgehead atoms. The minimum Gasteiger partial charge on any atom is -0.544 e. The van der Waals surface area contributed by atoms with Gasteiger partial charge in [-0.25, -0.2) is 9.59 Å². The van der Waals surface area contributed by atoms with Gasteiger partial charge in [0.2, 0.25) is 0 Å². The quantitative estimate of drug-likeness (QED) is 0.112. The molecule has 0 saturated heterocycles. The van der Waals surface area contributed by atoms with E-state index in [2.05, 4.69) is 19.1 Å². The van der Waals surface area contributed by atoms with Crippen molar-refractivity contribution in [2.24, 2.45) is 0 Å². The largest absolute Gasteiger partial charge is 0.544 e. The van der Waals surface area contributed by atoms with Crippen LogP contribution in [0.15, 0.2) is 12.2 Å². The topological polar surface area (TPSA) is 115 Å². The number of carboxylic acids is 3. The lowest BCUT2D eigenvalue weighted by Gasteiger charge is -2.49. The minimum absolute atomic E-state index is 0.171. The third-order valence-electron chi connectivity index (χ3n) is 7.53. The molecule has 0 heterocycles. The molecule has 7 heteroatoms. The summed E-state index contributed by atoms with van der Waals surface area (Å²) in [5.41, 5.74) is 0. The number of unbranched alkanes of at least 4 members (excludes halogenated alkanes) is 13. The molecule has 3 unspecified atom stereocenters. The Morgan fingerprint density at radius 1 is 0.657 bits per heavy atom. The third-order valence-corrected chi connectivity index (χ3v) is 7.53. The zero-order chi connectivity index (χ0) is 26.7. The van der Waals surface area contributed by atoms with Crippen LogP contribution in [0.4, 0.5) is 0 Å². The van der Waals surface area contributed by atoms with Gasteiger partial charge in [-0.05, 0) is 59.3 Å². The standard InChI is InChI=1S/C28H51NO6/c1-5-6-7-8-9-10-11-12-13-14-15-16-17-18-19-20-21-22-29(23(2)26(30)31,24(3)27(32)33)25(4)28(34)35/h15-16,23-25H,5-14,17-22H2,1-4H3,(H2-,30,31,32,33,34,35)/b16-15+. The van der Waals surface area contributed by atoms with Crippen LogP contribution in [0.5, 0.6) is 0 Å². The van der Waals surface area contributed by atoms with E-state index < -0.39 is 40.5 Å². The normalized spacial score (nSPS) is 16.0. The van der Waals surface area contributed by atoms with Crippen LogP contribution in [0.25, 0.3) is 0 Å². The van der Waals surface area contributed by atoms with Gasteiger partial charge in [-0.1, -0.05) is 76.9 Å². The van der Waals surface area contributed by atoms with Crippen LogP contribution < -0.4 is 5.11 Å². The van der Waals surface area contributed by atoms with Crippen LogP contribution in [0.3, 0.4) is 0 Å². The fourth-order valence-corrected chi connectivity index (χ4v) is 5.00. The smallest absolute Gasteiger partial charge is 0.362 e. The number of hydrogen-bond acceptors (Lipinski definition) is 4. The molecular formula is C28H51NO6. The summed E-state index contributed by atoms with van der Waals surface area (Å²) in [7, 11) is 0. The van der Waals surface area contributed by atoms with Gasteiger partial charge in [0.25, 0.3) is 0 Å². The van der Waals surface area contributed by atoms with Gasteiger partial charge in [0.1, 0.15) is 6.04 Å². The molecular weight excluding hydrogens is 446 g/mol. The Morgan fingerprint density at radius 2 is 1.03 bits per heavy atom. The second-order valence-corrected chi connectivity index (χ2v) is 10.0. The zero-order valence-electron chi connectivity index (χ0n) is 22.7. The van der Waals surface area contributed by atoms with Crippen LogP contribution in [0.2, 0.25) is 0 Å². The molecule has 3 atom stereocenters. The Morgan fingerprint density at radius 3 is 1.40 bits per heavy atom. The lowest BCUT2D eigenvalue weighted by molar-refractivity contribution is -0.969. The van der Waals surface area contributed by atoms with Crippen LogP contribution in [-0.2, 0) is 14.4 Å². The van der Waals surface area contributed by atoms with Gasteiger partial charge in [0.05, 0.1) is 12.5 Å². The van der Waals surface area contributed by atoms with Gasteiger partial charge in [-0.2, -0.15) is 0 Å². The first-order chi connectivity index (χ1) is 16.6. The van der Waals surface area contributed by atoms with E-state index in [4.69, 9.17) is 0 Å². The molecule has 2 N–H and O–H groups in total. The average Bonchev–Trinajstić information content (AvgIpc) is 2.82. The predicted molar refractivity (Wildman–Crippen MR) is 138 cm³/mol. The van der Waals surface area contributed by atoms with Crippen molar-refractivity contribution in [3.8, 4) is 0 Å². The Hall–Kier alpha value is -1.89. The molecule has 0 fully saturated rings. The summed E-state index contributed by atoms with van der Waals surface area (Å²) in [5, 5.41) is 30.8. The van der Waals surface area contributed by atoms with E-state index in [1.165, 1.54) is 78.6 Å². The van der Waals surface area contributed by atoms with Crippen LogP contribution in [0.1, 0.15) is 124 Å². The number of carboxylic acid groups (broad SMARTS) is 3. The van der Waals surface area contributed by atoms with E-state index in [9.17, 15) is 29.7 Å². The SMILES string of the molecule is CCCCCCCCCCC/C=C/CCCCCC[N+](C(C)C(=O)[O-])(C(C)C(=O)O)C(C)C(=O)O. The Labute approximate surface area is 213 Å². The fraction of sp³-hybridized carbons (Fsp3) is 0.821. The lowest BCUT2D eigenvalue weighted by Crippen LogP contribution is -2.72. The summed E-state index contributed by atoms with van der Waals surface area (Å²) in [5.74, 6) is -3.84. The molecule has 0 aliphatic heterocycles. The average molecular weight is 498 g/mol.